The van der Waals surface area contributed by atoms with E-state index < -0.39 is 0 Å². The van der Waals surface area contributed by atoms with Gasteiger partial charge in [0.15, 0.2) is 0 Å². The van der Waals surface area contributed by atoms with E-state index >= 15 is 0 Å². The number of para-hydroxylation sites is 2. The fourth-order valence-electron chi connectivity index (χ4n) is 3.57. The van der Waals surface area contributed by atoms with Crippen LogP contribution in [0.1, 0.15) is 0 Å². The Labute approximate surface area is 141 Å². The van der Waals surface area contributed by atoms with Crippen LogP contribution in [0.4, 0.5) is 0 Å². The summed E-state index contributed by atoms with van der Waals surface area (Å²) in [5, 5.41) is 5.29. The average molecular weight is 396 g/mol. The summed E-state index contributed by atoms with van der Waals surface area (Å²) < 4.78 is 4.56. The molecule has 0 aliphatic rings. The monoisotopic (exact) mass is 396 g/mol. The first-order valence-electron chi connectivity index (χ1n) is 7.32. The highest BCUT2D eigenvalue weighted by molar-refractivity contribution is 14.1. The van der Waals surface area contributed by atoms with Crippen molar-refractivity contribution >= 4 is 66.5 Å². The Morgan fingerprint density at radius 3 is 1.95 bits per heavy atom. The van der Waals surface area contributed by atoms with Gasteiger partial charge in [-0.3, -0.25) is 2.78 Å². The van der Waals surface area contributed by atoms with Gasteiger partial charge in [-0.05, 0) is 24.3 Å². The van der Waals surface area contributed by atoms with Crippen LogP contribution in [-0.4, -0.2) is 7.35 Å². The molecule has 106 valence electrons. The van der Waals surface area contributed by atoms with Crippen LogP contribution in [0.2, 0.25) is 0 Å². The summed E-state index contributed by atoms with van der Waals surface area (Å²) in [7, 11) is 2.15. The summed E-state index contributed by atoms with van der Waals surface area (Å²) in [6, 6.07) is 21.9. The molecular formula is C19H13IN2. The summed E-state index contributed by atoms with van der Waals surface area (Å²) in [5.41, 5.74) is 5.14. The molecule has 22 heavy (non-hydrogen) atoms. The smallest absolute Gasteiger partial charge is 0.0646 e. The van der Waals surface area contributed by atoms with Gasteiger partial charge in [0.25, 0.3) is 0 Å². The largest absolute Gasteiger partial charge is 0.344 e. The van der Waals surface area contributed by atoms with E-state index in [4.69, 9.17) is 0 Å². The topological polar surface area (TPSA) is 9.86 Å². The van der Waals surface area contributed by atoms with Crippen LogP contribution < -0.4 is 0 Å². The van der Waals surface area contributed by atoms with Crippen molar-refractivity contribution in [2.75, 3.05) is 0 Å². The Morgan fingerprint density at radius 2 is 1.18 bits per heavy atom. The van der Waals surface area contributed by atoms with Crippen LogP contribution >= 0.6 is 22.9 Å². The Balaban J connectivity index is 2.10. The molecule has 0 N–H and O–H groups in total. The molecule has 0 saturated heterocycles. The van der Waals surface area contributed by atoms with Gasteiger partial charge in [-0.1, -0.05) is 36.4 Å². The number of hydrogen-bond donors (Lipinski definition) is 0. The van der Waals surface area contributed by atoms with Crippen molar-refractivity contribution in [1.29, 1.82) is 0 Å². The zero-order valence-corrected chi connectivity index (χ0v) is 14.2. The van der Waals surface area contributed by atoms with Crippen molar-refractivity contribution in [2.24, 2.45) is 7.05 Å². The lowest BCUT2D eigenvalue weighted by Crippen LogP contribution is -1.86. The van der Waals surface area contributed by atoms with E-state index in [-0.39, 0.29) is 0 Å². The minimum Gasteiger partial charge on any atom is -0.344 e. The summed E-state index contributed by atoms with van der Waals surface area (Å²) >= 11 is 2.40. The molecule has 0 radical (unpaired) electrons. The van der Waals surface area contributed by atoms with Crippen LogP contribution in [0.25, 0.3) is 43.6 Å². The standard InChI is InChI=1S/C19H13IN2/c1-21-16-8-4-2-6-12(16)14-11-19-15(10-18(14)21)13-7-3-5-9-17(13)22(19)20/h2-11H,1H3. The second kappa shape index (κ2) is 4.26. The minimum atomic E-state index is 1.28. The van der Waals surface area contributed by atoms with Crippen LogP contribution in [-0.2, 0) is 7.05 Å². The third-order valence-corrected chi connectivity index (χ3v) is 5.69. The predicted octanol–water partition coefficient (Wildman–Crippen LogP) is 5.64. The maximum Gasteiger partial charge on any atom is 0.0646 e. The molecule has 2 aromatic heterocycles. The summed E-state index contributed by atoms with van der Waals surface area (Å²) in [6.45, 7) is 0. The molecule has 0 saturated carbocycles. The van der Waals surface area contributed by atoms with E-state index in [9.17, 15) is 0 Å². The number of aryl methyl sites for hydroxylation is 1. The number of hydrogen-bond acceptors (Lipinski definition) is 0. The van der Waals surface area contributed by atoms with Crippen LogP contribution in [0.5, 0.6) is 0 Å². The first kappa shape index (κ1) is 12.5. The van der Waals surface area contributed by atoms with E-state index in [1.165, 1.54) is 43.6 Å². The van der Waals surface area contributed by atoms with E-state index in [0.717, 1.165) is 0 Å². The van der Waals surface area contributed by atoms with Crippen molar-refractivity contribution in [1.82, 2.24) is 7.35 Å². The lowest BCUT2D eigenvalue weighted by Gasteiger charge is -1.99. The second-order valence-electron chi connectivity index (χ2n) is 5.76. The van der Waals surface area contributed by atoms with Crippen LogP contribution in [0.15, 0.2) is 60.7 Å². The van der Waals surface area contributed by atoms with Crippen molar-refractivity contribution in [3.63, 3.8) is 0 Å². The van der Waals surface area contributed by atoms with E-state index in [1.807, 2.05) is 0 Å². The highest BCUT2D eigenvalue weighted by Gasteiger charge is 2.13. The fourth-order valence-corrected chi connectivity index (χ4v) is 4.39. The van der Waals surface area contributed by atoms with Gasteiger partial charge in [-0.2, -0.15) is 0 Å². The molecule has 3 heteroatoms. The summed E-state index contributed by atoms with van der Waals surface area (Å²) in [5.74, 6) is 0. The first-order valence-corrected chi connectivity index (χ1v) is 8.28. The molecule has 0 aliphatic heterocycles. The predicted molar refractivity (Wildman–Crippen MR) is 103 cm³/mol. The Bertz CT molecular complexity index is 1100. The quantitative estimate of drug-likeness (QED) is 0.300. The van der Waals surface area contributed by atoms with Gasteiger partial charge in [0.05, 0.1) is 33.9 Å². The van der Waals surface area contributed by atoms with Gasteiger partial charge in [0.2, 0.25) is 0 Å². The zero-order chi connectivity index (χ0) is 14.8. The lowest BCUT2D eigenvalue weighted by atomic mass is 10.1. The van der Waals surface area contributed by atoms with Crippen molar-refractivity contribution in [3.8, 4) is 0 Å². The van der Waals surface area contributed by atoms with E-state index in [2.05, 4.69) is 97.9 Å². The Hall–Kier alpha value is -2.01. The van der Waals surface area contributed by atoms with E-state index in [1.54, 1.807) is 0 Å². The SMILES string of the molecule is Cn1c2ccccc2c2cc3c(cc21)c1ccccc1n3I. The Kier molecular flexibility index (Phi) is 2.42. The molecule has 0 fully saturated rings. The maximum absolute atomic E-state index is 2.40. The number of fused-ring (bicyclic) bond motifs is 6. The van der Waals surface area contributed by atoms with Gasteiger partial charge >= 0.3 is 0 Å². The van der Waals surface area contributed by atoms with Crippen molar-refractivity contribution in [2.45, 2.75) is 0 Å². The van der Waals surface area contributed by atoms with Crippen LogP contribution in [0, 0.1) is 0 Å². The van der Waals surface area contributed by atoms with Gasteiger partial charge < -0.3 is 4.57 Å². The molecule has 5 rings (SSSR count). The highest BCUT2D eigenvalue weighted by atomic mass is 127. The molecule has 2 heterocycles. The fraction of sp³-hybridized carbons (Fsp3) is 0.0526. The summed E-state index contributed by atoms with van der Waals surface area (Å²) in [4.78, 5) is 0. The molecule has 3 aromatic carbocycles. The minimum absolute atomic E-state index is 1.28. The van der Waals surface area contributed by atoms with E-state index in [0.29, 0.717) is 0 Å². The van der Waals surface area contributed by atoms with Gasteiger partial charge in [0, 0.05) is 39.6 Å². The number of aromatic nitrogens is 2. The molecule has 5 aromatic rings. The summed E-state index contributed by atoms with van der Waals surface area (Å²) in [6.07, 6.45) is 0. The zero-order valence-electron chi connectivity index (χ0n) is 12.0. The molecule has 2 nitrogen and oxygen atoms in total. The van der Waals surface area contributed by atoms with Gasteiger partial charge in [0.1, 0.15) is 0 Å². The van der Waals surface area contributed by atoms with Gasteiger partial charge in [-0.15, -0.1) is 0 Å². The van der Waals surface area contributed by atoms with Crippen molar-refractivity contribution < 1.29 is 0 Å². The number of halogens is 1. The molecule has 0 aliphatic carbocycles. The number of rotatable bonds is 0. The van der Waals surface area contributed by atoms with Crippen LogP contribution in [0.3, 0.4) is 0 Å². The average Bonchev–Trinajstić information content (AvgIpc) is 3.01. The molecule has 0 bridgehead atoms. The second-order valence-corrected chi connectivity index (χ2v) is 6.73. The Morgan fingerprint density at radius 1 is 0.636 bits per heavy atom. The number of nitrogens with zero attached hydrogens (tertiary/aromatic N) is 2. The molecule has 0 spiro atoms. The third-order valence-electron chi connectivity index (χ3n) is 4.65. The molecular weight excluding hydrogens is 383 g/mol. The normalized spacial score (nSPS) is 12.1. The molecule has 0 atom stereocenters. The highest BCUT2D eigenvalue weighted by Crippen LogP contribution is 2.36. The third kappa shape index (κ3) is 1.44. The maximum atomic E-state index is 2.40. The number of benzene rings is 3. The molecule has 0 amide bonds. The van der Waals surface area contributed by atoms with Gasteiger partial charge in [-0.25, -0.2) is 0 Å². The molecule has 0 unspecified atom stereocenters. The first-order chi connectivity index (χ1) is 10.8. The van der Waals surface area contributed by atoms with Crippen molar-refractivity contribution in [3.05, 3.63) is 60.7 Å². The lowest BCUT2D eigenvalue weighted by molar-refractivity contribution is 1.02.